The highest BCUT2D eigenvalue weighted by Crippen LogP contribution is 2.30. The van der Waals surface area contributed by atoms with E-state index in [1.165, 1.54) is 11.8 Å². The van der Waals surface area contributed by atoms with E-state index >= 15 is 0 Å². The van der Waals surface area contributed by atoms with Gasteiger partial charge in [0.2, 0.25) is 5.91 Å². The van der Waals surface area contributed by atoms with Crippen LogP contribution in [0.15, 0.2) is 23.4 Å². The topological polar surface area (TPSA) is 99.9 Å². The molecule has 1 aromatic carbocycles. The number of thioether (sulfide) groups is 1. The standard InChI is InChI=1S/C21H25ClN6O2S/c1-4-16(20(29)27-8-10-30-11-9-27)31-21-24-19-17(13(3)25-26-19)18(23)28(21)15-7-5-6-14(22)12(15)2/h5-7,16,23H,4,8-11H2,1-3H3,(H,25,26)/t16-/m0/s1. The van der Waals surface area contributed by atoms with Crippen molar-refractivity contribution in [1.29, 1.82) is 5.41 Å². The lowest BCUT2D eigenvalue weighted by molar-refractivity contribution is -0.134. The molecule has 1 fully saturated rings. The zero-order valence-electron chi connectivity index (χ0n) is 17.7. The number of aryl methyl sites for hydroxylation is 1. The van der Waals surface area contributed by atoms with Crippen molar-refractivity contribution in [3.8, 4) is 5.69 Å². The van der Waals surface area contributed by atoms with Crippen molar-refractivity contribution < 1.29 is 9.53 Å². The number of aromatic nitrogens is 4. The normalized spacial score (nSPS) is 15.4. The molecule has 3 heterocycles. The van der Waals surface area contributed by atoms with Crippen LogP contribution < -0.4 is 5.49 Å². The lowest BCUT2D eigenvalue weighted by Crippen LogP contribution is -2.44. The van der Waals surface area contributed by atoms with Crippen LogP contribution in [0.3, 0.4) is 0 Å². The summed E-state index contributed by atoms with van der Waals surface area (Å²) in [5.74, 6) is 0.0665. The van der Waals surface area contributed by atoms with Gasteiger partial charge in [0.25, 0.3) is 0 Å². The summed E-state index contributed by atoms with van der Waals surface area (Å²) in [5.41, 5.74) is 3.12. The van der Waals surface area contributed by atoms with Crippen molar-refractivity contribution >= 4 is 40.3 Å². The Hall–Kier alpha value is -2.36. The molecule has 1 amide bonds. The molecule has 0 unspecified atom stereocenters. The van der Waals surface area contributed by atoms with Gasteiger partial charge in [0.05, 0.1) is 29.5 Å². The van der Waals surface area contributed by atoms with E-state index in [1.54, 1.807) is 4.57 Å². The maximum absolute atomic E-state index is 13.2. The molecular weight excluding hydrogens is 436 g/mol. The summed E-state index contributed by atoms with van der Waals surface area (Å²) < 4.78 is 7.15. The molecule has 0 saturated carbocycles. The van der Waals surface area contributed by atoms with Gasteiger partial charge in [-0.3, -0.25) is 19.9 Å². The second kappa shape index (κ2) is 9.02. The van der Waals surface area contributed by atoms with Gasteiger partial charge in [0.15, 0.2) is 10.8 Å². The number of benzene rings is 1. The smallest absolute Gasteiger partial charge is 0.236 e. The molecule has 1 aliphatic heterocycles. The number of nitrogens with zero attached hydrogens (tertiary/aromatic N) is 4. The Labute approximate surface area is 189 Å². The van der Waals surface area contributed by atoms with Crippen molar-refractivity contribution in [3.63, 3.8) is 0 Å². The Morgan fingerprint density at radius 1 is 1.35 bits per heavy atom. The number of rotatable bonds is 5. The number of ether oxygens (including phenoxy) is 1. The molecule has 0 aliphatic carbocycles. The van der Waals surface area contributed by atoms with Gasteiger partial charge in [-0.2, -0.15) is 5.10 Å². The number of hydrogen-bond acceptors (Lipinski definition) is 6. The Morgan fingerprint density at radius 2 is 2.10 bits per heavy atom. The Morgan fingerprint density at radius 3 is 2.81 bits per heavy atom. The average Bonchev–Trinajstić information content (AvgIpc) is 3.15. The van der Waals surface area contributed by atoms with E-state index < -0.39 is 0 Å². The number of halogens is 1. The number of morpholine rings is 1. The maximum atomic E-state index is 13.2. The molecule has 2 N–H and O–H groups in total. The fourth-order valence-corrected chi connectivity index (χ4v) is 4.97. The van der Waals surface area contributed by atoms with E-state index in [9.17, 15) is 4.79 Å². The van der Waals surface area contributed by atoms with Crippen molar-refractivity contribution in [1.82, 2.24) is 24.6 Å². The molecule has 0 spiro atoms. The van der Waals surface area contributed by atoms with Crippen LogP contribution in [0.5, 0.6) is 0 Å². The molecule has 8 nitrogen and oxygen atoms in total. The lowest BCUT2D eigenvalue weighted by Gasteiger charge is -2.30. The predicted molar refractivity (Wildman–Crippen MR) is 121 cm³/mol. The number of aromatic amines is 1. The number of carbonyl (C=O) groups is 1. The van der Waals surface area contributed by atoms with E-state index in [2.05, 4.69) is 10.2 Å². The molecule has 0 bridgehead atoms. The molecule has 1 aliphatic rings. The highest BCUT2D eigenvalue weighted by atomic mass is 35.5. The van der Waals surface area contributed by atoms with Crippen LogP contribution in [-0.2, 0) is 9.53 Å². The molecule has 31 heavy (non-hydrogen) atoms. The van der Waals surface area contributed by atoms with Crippen LogP contribution in [0.25, 0.3) is 16.7 Å². The fourth-order valence-electron chi connectivity index (χ4n) is 3.69. The molecule has 1 saturated heterocycles. The minimum Gasteiger partial charge on any atom is -0.378 e. The number of nitrogens with one attached hydrogen (secondary N) is 2. The van der Waals surface area contributed by atoms with Crippen LogP contribution in [0.4, 0.5) is 0 Å². The highest BCUT2D eigenvalue weighted by molar-refractivity contribution is 8.00. The van der Waals surface area contributed by atoms with E-state index in [1.807, 2.05) is 43.9 Å². The summed E-state index contributed by atoms with van der Waals surface area (Å²) in [6, 6.07) is 5.59. The molecule has 3 aromatic rings. The lowest BCUT2D eigenvalue weighted by atomic mass is 10.2. The highest BCUT2D eigenvalue weighted by Gasteiger charge is 2.28. The second-order valence-electron chi connectivity index (χ2n) is 7.46. The molecule has 10 heteroatoms. The van der Waals surface area contributed by atoms with E-state index in [0.29, 0.717) is 53.9 Å². The molecule has 0 radical (unpaired) electrons. The molecule has 164 valence electrons. The van der Waals surface area contributed by atoms with Crippen molar-refractivity contribution in [2.45, 2.75) is 37.6 Å². The predicted octanol–water partition coefficient (Wildman–Crippen LogP) is 3.23. The quantitative estimate of drug-likeness (QED) is 0.449. The third kappa shape index (κ3) is 4.09. The first kappa shape index (κ1) is 21.9. The fraction of sp³-hybridized carbons (Fsp3) is 0.429. The third-order valence-electron chi connectivity index (χ3n) is 5.48. The SMILES string of the molecule is CC[C@H](Sc1nc2n[nH]c(C)c2c(=N)n1-c1cccc(Cl)c1C)C(=O)N1CCOCC1. The van der Waals surface area contributed by atoms with E-state index in [0.717, 1.165) is 16.9 Å². The zero-order valence-corrected chi connectivity index (χ0v) is 19.3. The number of carbonyl (C=O) groups excluding carboxylic acids is 1. The van der Waals surface area contributed by atoms with Gasteiger partial charge in [-0.1, -0.05) is 36.4 Å². The van der Waals surface area contributed by atoms with Gasteiger partial charge in [0, 0.05) is 23.8 Å². The first-order valence-corrected chi connectivity index (χ1v) is 11.5. The number of fused-ring (bicyclic) bond motifs is 1. The molecule has 4 rings (SSSR count). The summed E-state index contributed by atoms with van der Waals surface area (Å²) >= 11 is 7.76. The van der Waals surface area contributed by atoms with Gasteiger partial charge in [-0.25, -0.2) is 4.98 Å². The van der Waals surface area contributed by atoms with Gasteiger partial charge in [-0.05, 0) is 38.0 Å². The summed E-state index contributed by atoms with van der Waals surface area (Å²) in [7, 11) is 0. The zero-order chi connectivity index (χ0) is 22.1. The average molecular weight is 461 g/mol. The maximum Gasteiger partial charge on any atom is 0.236 e. The van der Waals surface area contributed by atoms with Crippen LogP contribution >= 0.6 is 23.4 Å². The minimum absolute atomic E-state index is 0.0665. The monoisotopic (exact) mass is 460 g/mol. The van der Waals surface area contributed by atoms with Gasteiger partial charge in [-0.15, -0.1) is 0 Å². The van der Waals surface area contributed by atoms with Gasteiger partial charge >= 0.3 is 0 Å². The first-order valence-electron chi connectivity index (χ1n) is 10.2. The second-order valence-corrected chi connectivity index (χ2v) is 9.04. The number of H-pyrrole nitrogens is 1. The van der Waals surface area contributed by atoms with E-state index in [-0.39, 0.29) is 16.6 Å². The van der Waals surface area contributed by atoms with Crippen LogP contribution in [-0.4, -0.2) is 62.1 Å². The van der Waals surface area contributed by atoms with Crippen molar-refractivity contribution in [2.75, 3.05) is 26.3 Å². The summed E-state index contributed by atoms with van der Waals surface area (Å²) in [4.78, 5) is 19.8. The van der Waals surface area contributed by atoms with Gasteiger partial charge in [0.1, 0.15) is 5.49 Å². The first-order chi connectivity index (χ1) is 14.9. The Bertz CT molecular complexity index is 1180. The largest absolute Gasteiger partial charge is 0.378 e. The Kier molecular flexibility index (Phi) is 6.36. The third-order valence-corrected chi connectivity index (χ3v) is 7.19. The molecule has 2 aromatic heterocycles. The van der Waals surface area contributed by atoms with E-state index in [4.69, 9.17) is 26.7 Å². The van der Waals surface area contributed by atoms with Crippen LogP contribution in [0.1, 0.15) is 24.6 Å². The minimum atomic E-state index is -0.326. The van der Waals surface area contributed by atoms with Gasteiger partial charge < -0.3 is 9.64 Å². The summed E-state index contributed by atoms with van der Waals surface area (Å²) in [6.07, 6.45) is 0.641. The van der Waals surface area contributed by atoms with Crippen molar-refractivity contribution in [3.05, 3.63) is 40.0 Å². The van der Waals surface area contributed by atoms with Crippen LogP contribution in [0.2, 0.25) is 5.02 Å². The summed E-state index contributed by atoms with van der Waals surface area (Å²) in [6.45, 7) is 8.08. The van der Waals surface area contributed by atoms with Crippen LogP contribution in [0, 0.1) is 19.3 Å². The number of amides is 1. The summed E-state index contributed by atoms with van der Waals surface area (Å²) in [5, 5.41) is 17.6. The molecule has 1 atom stereocenters. The number of hydrogen-bond donors (Lipinski definition) is 2. The Balaban J connectivity index is 1.83. The van der Waals surface area contributed by atoms with Crippen molar-refractivity contribution in [2.24, 2.45) is 0 Å². The molecular formula is C21H25ClN6O2S.